The zero-order chi connectivity index (χ0) is 19.9. The molecule has 0 unspecified atom stereocenters. The van der Waals surface area contributed by atoms with Crippen molar-refractivity contribution in [3.05, 3.63) is 17.2 Å². The van der Waals surface area contributed by atoms with Crippen molar-refractivity contribution in [2.24, 2.45) is 5.73 Å². The minimum Gasteiger partial charge on any atom is -0.504 e. The molecule has 1 aromatic rings. The van der Waals surface area contributed by atoms with E-state index in [-0.39, 0.29) is 29.5 Å². The van der Waals surface area contributed by atoms with Crippen molar-refractivity contribution < 1.29 is 27.7 Å². The summed E-state index contributed by atoms with van der Waals surface area (Å²) < 4.78 is 31.5. The normalized spacial score (nSPS) is 12.5. The maximum atomic E-state index is 12.0. The molecule has 9 nitrogen and oxygen atoms in total. The smallest absolute Gasteiger partial charge is 0.298 e. The van der Waals surface area contributed by atoms with Crippen LogP contribution in [0.2, 0.25) is 5.02 Å². The second-order valence-electron chi connectivity index (χ2n) is 5.61. The van der Waals surface area contributed by atoms with Gasteiger partial charge in [-0.25, -0.2) is 0 Å². The highest BCUT2D eigenvalue weighted by Crippen LogP contribution is 2.34. The summed E-state index contributed by atoms with van der Waals surface area (Å²) in [4.78, 5) is 22.9. The van der Waals surface area contributed by atoms with E-state index in [0.717, 1.165) is 25.0 Å². The van der Waals surface area contributed by atoms with Gasteiger partial charge in [-0.1, -0.05) is 24.9 Å². The van der Waals surface area contributed by atoms with Crippen LogP contribution in [-0.2, 0) is 19.7 Å². The number of hydrogen-bond acceptors (Lipinski definition) is 6. The molecule has 0 aliphatic carbocycles. The van der Waals surface area contributed by atoms with Crippen LogP contribution in [0.15, 0.2) is 17.0 Å². The topological polar surface area (TPSA) is 159 Å². The van der Waals surface area contributed by atoms with E-state index in [4.69, 9.17) is 21.9 Å². The van der Waals surface area contributed by atoms with E-state index in [0.29, 0.717) is 6.54 Å². The van der Waals surface area contributed by atoms with Gasteiger partial charge in [0.05, 0.1) is 11.7 Å². The van der Waals surface area contributed by atoms with Crippen molar-refractivity contribution in [2.75, 3.05) is 11.9 Å². The molecule has 11 heteroatoms. The summed E-state index contributed by atoms with van der Waals surface area (Å²) >= 11 is 5.73. The predicted octanol–water partition coefficient (Wildman–Crippen LogP) is 1.25. The van der Waals surface area contributed by atoms with Gasteiger partial charge < -0.3 is 21.5 Å². The number of carbonyl (C=O) groups is 2. The van der Waals surface area contributed by atoms with Gasteiger partial charge in [-0.3, -0.25) is 14.1 Å². The second-order valence-corrected chi connectivity index (χ2v) is 7.44. The number of nitrogens with one attached hydrogen (secondary N) is 2. The summed E-state index contributed by atoms with van der Waals surface area (Å²) in [7, 11) is -4.72. The van der Waals surface area contributed by atoms with E-state index in [1.807, 2.05) is 6.92 Å². The number of anilines is 1. The number of amides is 2. The van der Waals surface area contributed by atoms with Crippen molar-refractivity contribution in [1.29, 1.82) is 0 Å². The van der Waals surface area contributed by atoms with E-state index < -0.39 is 32.7 Å². The fraction of sp³-hybridized carbons (Fsp3) is 0.467. The first kappa shape index (κ1) is 22.2. The lowest BCUT2D eigenvalue weighted by Gasteiger charge is -2.13. The summed E-state index contributed by atoms with van der Waals surface area (Å²) in [5.74, 6) is -1.82. The first-order chi connectivity index (χ1) is 12.1. The average Bonchev–Trinajstić information content (AvgIpc) is 2.54. The summed E-state index contributed by atoms with van der Waals surface area (Å²) in [5, 5.41) is 14.7. The summed E-state index contributed by atoms with van der Waals surface area (Å²) in [6.07, 6.45) is 1.65. The molecule has 0 aliphatic heterocycles. The van der Waals surface area contributed by atoms with Crippen LogP contribution in [0.1, 0.15) is 32.6 Å². The zero-order valence-electron chi connectivity index (χ0n) is 14.2. The summed E-state index contributed by atoms with van der Waals surface area (Å²) in [5.41, 5.74) is 5.42. The van der Waals surface area contributed by atoms with Gasteiger partial charge in [-0.15, -0.1) is 0 Å². The summed E-state index contributed by atoms with van der Waals surface area (Å²) in [6.45, 7) is 2.49. The fourth-order valence-corrected chi connectivity index (χ4v) is 2.93. The maximum Gasteiger partial charge on any atom is 0.298 e. The molecule has 0 bridgehead atoms. The molecule has 1 atom stereocenters. The van der Waals surface area contributed by atoms with E-state index in [1.165, 1.54) is 0 Å². The third-order valence-electron chi connectivity index (χ3n) is 3.44. The van der Waals surface area contributed by atoms with Crippen LogP contribution in [0.25, 0.3) is 0 Å². The highest BCUT2D eigenvalue weighted by molar-refractivity contribution is 7.86. The quantitative estimate of drug-likeness (QED) is 0.234. The van der Waals surface area contributed by atoms with Crippen LogP contribution in [-0.4, -0.2) is 42.5 Å². The lowest BCUT2D eigenvalue weighted by molar-refractivity contribution is -0.122. The molecule has 2 amide bonds. The molecule has 0 aromatic heterocycles. The van der Waals surface area contributed by atoms with Gasteiger partial charge in [-0.05, 0) is 25.0 Å². The molecular formula is C15H22ClN3O6S. The van der Waals surface area contributed by atoms with E-state index >= 15 is 0 Å². The van der Waals surface area contributed by atoms with Crippen LogP contribution in [0, 0.1) is 0 Å². The predicted molar refractivity (Wildman–Crippen MR) is 96.7 cm³/mol. The molecule has 0 saturated heterocycles. The van der Waals surface area contributed by atoms with Gasteiger partial charge in [0, 0.05) is 18.0 Å². The van der Waals surface area contributed by atoms with Crippen molar-refractivity contribution >= 4 is 39.2 Å². The van der Waals surface area contributed by atoms with Gasteiger partial charge in [0.15, 0.2) is 5.75 Å². The number of carbonyl (C=O) groups excluding carboxylic acids is 2. The maximum absolute atomic E-state index is 12.0. The van der Waals surface area contributed by atoms with Crippen LogP contribution in [0.4, 0.5) is 5.69 Å². The third kappa shape index (κ3) is 6.79. The van der Waals surface area contributed by atoms with E-state index in [2.05, 4.69) is 10.6 Å². The molecule has 0 spiro atoms. The molecule has 0 fully saturated rings. The Balaban J connectivity index is 2.69. The van der Waals surface area contributed by atoms with Crippen molar-refractivity contribution in [3.63, 3.8) is 0 Å². The number of phenols is 1. The number of unbranched alkanes of at least 4 members (excludes halogenated alkanes) is 1. The molecule has 0 saturated carbocycles. The number of aromatic hydroxyl groups is 1. The number of phenolic OH excluding ortho intramolecular Hbond substituents is 1. The van der Waals surface area contributed by atoms with Gasteiger partial charge in [0.25, 0.3) is 10.1 Å². The first-order valence-electron chi connectivity index (χ1n) is 7.89. The molecule has 0 radical (unpaired) electrons. The molecule has 1 aromatic carbocycles. The minimum atomic E-state index is -4.72. The molecule has 1 rings (SSSR count). The van der Waals surface area contributed by atoms with Crippen LogP contribution in [0.3, 0.4) is 0 Å². The van der Waals surface area contributed by atoms with E-state index in [1.54, 1.807) is 0 Å². The molecule has 26 heavy (non-hydrogen) atoms. The van der Waals surface area contributed by atoms with Gasteiger partial charge in [0.2, 0.25) is 11.8 Å². The van der Waals surface area contributed by atoms with Crippen molar-refractivity contribution in [1.82, 2.24) is 5.32 Å². The lowest BCUT2D eigenvalue weighted by Crippen LogP contribution is -2.41. The van der Waals surface area contributed by atoms with Crippen molar-refractivity contribution in [3.8, 4) is 5.75 Å². The summed E-state index contributed by atoms with van der Waals surface area (Å²) in [6, 6.07) is 1.10. The van der Waals surface area contributed by atoms with Gasteiger partial charge in [-0.2, -0.15) is 8.42 Å². The average molecular weight is 408 g/mol. The second kappa shape index (κ2) is 9.72. The number of nitrogens with two attached hydrogens (primary N) is 1. The molecular weight excluding hydrogens is 386 g/mol. The van der Waals surface area contributed by atoms with Gasteiger partial charge in [0.1, 0.15) is 4.90 Å². The molecule has 6 N–H and O–H groups in total. The Bertz CT molecular complexity index is 769. The highest BCUT2D eigenvalue weighted by Gasteiger charge is 2.21. The number of benzene rings is 1. The Morgan fingerprint density at radius 2 is 2.00 bits per heavy atom. The SMILES string of the molecule is CCCCNC(=O)[C@@H](N)CCC(=O)Nc1cc(Cl)cc(S(=O)(=O)O)c1O. The standard InChI is InChI=1S/C15H22ClN3O6S/c1-2-3-6-18-15(22)10(17)4-5-13(20)19-11-7-9(16)8-12(14(11)21)26(23,24)25/h7-8,10,21H,2-6,17H2,1H3,(H,18,22)(H,19,20)(H,23,24,25)/t10-/m0/s1. The number of rotatable bonds is 9. The van der Waals surface area contributed by atoms with Gasteiger partial charge >= 0.3 is 0 Å². The largest absolute Gasteiger partial charge is 0.504 e. The van der Waals surface area contributed by atoms with Crippen LogP contribution in [0.5, 0.6) is 5.75 Å². The fourth-order valence-electron chi connectivity index (χ4n) is 2.02. The molecule has 0 heterocycles. The lowest BCUT2D eigenvalue weighted by atomic mass is 10.1. The Morgan fingerprint density at radius 1 is 1.35 bits per heavy atom. The Hall–Kier alpha value is -1.88. The third-order valence-corrected chi connectivity index (χ3v) is 4.53. The zero-order valence-corrected chi connectivity index (χ0v) is 15.7. The van der Waals surface area contributed by atoms with Crippen LogP contribution >= 0.6 is 11.6 Å². The molecule has 0 aliphatic rings. The minimum absolute atomic E-state index is 0.0519. The van der Waals surface area contributed by atoms with Crippen molar-refractivity contribution in [2.45, 2.75) is 43.5 Å². The first-order valence-corrected chi connectivity index (χ1v) is 9.71. The van der Waals surface area contributed by atoms with E-state index in [9.17, 15) is 23.1 Å². The number of halogens is 1. The van der Waals surface area contributed by atoms with Crippen LogP contribution < -0.4 is 16.4 Å². The Kier molecular flexibility index (Phi) is 8.28. The Labute approximate surface area is 156 Å². The monoisotopic (exact) mass is 407 g/mol. The number of hydrogen-bond donors (Lipinski definition) is 5. The highest BCUT2D eigenvalue weighted by atomic mass is 35.5. The Morgan fingerprint density at radius 3 is 2.58 bits per heavy atom. The molecule has 146 valence electrons.